The van der Waals surface area contributed by atoms with E-state index in [1.807, 2.05) is 0 Å². The van der Waals surface area contributed by atoms with Gasteiger partial charge in [-0.25, -0.2) is 0 Å². The highest BCUT2D eigenvalue weighted by atomic mass is 16.5. The van der Waals surface area contributed by atoms with E-state index in [2.05, 4.69) is 33.9 Å². The highest BCUT2D eigenvalue weighted by molar-refractivity contribution is 5.80. The van der Waals surface area contributed by atoms with Gasteiger partial charge in [0.25, 0.3) is 0 Å². The molecule has 0 amide bonds. The zero-order valence-corrected chi connectivity index (χ0v) is 19.2. The van der Waals surface area contributed by atoms with Crippen molar-refractivity contribution in [2.45, 2.75) is 52.1 Å². The molecular formula is C22H45N5O2. The highest BCUT2D eigenvalue weighted by Gasteiger charge is 2.21. The van der Waals surface area contributed by atoms with Gasteiger partial charge in [0.2, 0.25) is 0 Å². The molecule has 0 unspecified atom stereocenters. The van der Waals surface area contributed by atoms with Gasteiger partial charge in [-0.2, -0.15) is 0 Å². The van der Waals surface area contributed by atoms with Crippen molar-refractivity contribution in [2.24, 2.45) is 4.99 Å². The third kappa shape index (κ3) is 9.64. The van der Waals surface area contributed by atoms with E-state index < -0.39 is 0 Å². The summed E-state index contributed by atoms with van der Waals surface area (Å²) in [5.74, 6) is 1.09. The van der Waals surface area contributed by atoms with Crippen LogP contribution < -0.4 is 5.32 Å². The summed E-state index contributed by atoms with van der Waals surface area (Å²) in [6, 6.07) is 0. The number of methoxy groups -OCH3 is 1. The Kier molecular flexibility index (Phi) is 12.6. The van der Waals surface area contributed by atoms with Crippen LogP contribution in [-0.2, 0) is 9.47 Å². The van der Waals surface area contributed by atoms with Crippen LogP contribution in [0.1, 0.15) is 46.0 Å². The Morgan fingerprint density at radius 2 is 1.66 bits per heavy atom. The van der Waals surface area contributed by atoms with E-state index in [-0.39, 0.29) is 0 Å². The predicted molar refractivity (Wildman–Crippen MR) is 121 cm³/mol. The maximum atomic E-state index is 5.98. The zero-order chi connectivity index (χ0) is 20.7. The molecule has 2 rings (SSSR count). The molecular weight excluding hydrogens is 366 g/mol. The van der Waals surface area contributed by atoms with Crippen LogP contribution in [0.5, 0.6) is 0 Å². The van der Waals surface area contributed by atoms with Gasteiger partial charge in [-0.05, 0) is 52.1 Å². The van der Waals surface area contributed by atoms with E-state index >= 15 is 0 Å². The maximum absolute atomic E-state index is 5.98. The molecule has 2 aliphatic rings. The van der Waals surface area contributed by atoms with E-state index in [0.29, 0.717) is 6.10 Å². The number of rotatable bonds is 12. The van der Waals surface area contributed by atoms with Crippen molar-refractivity contribution in [1.29, 1.82) is 0 Å². The third-order valence-electron chi connectivity index (χ3n) is 5.98. The lowest BCUT2D eigenvalue weighted by atomic mass is 10.1. The molecule has 0 aromatic carbocycles. The fraction of sp³-hybridized carbons (Fsp3) is 0.955. The number of nitrogens with zero attached hydrogens (tertiary/aromatic N) is 4. The first-order valence-electron chi connectivity index (χ1n) is 11.8. The lowest BCUT2D eigenvalue weighted by Gasteiger charge is -2.34. The van der Waals surface area contributed by atoms with E-state index in [1.54, 1.807) is 7.11 Å². The molecule has 0 radical (unpaired) electrons. The number of hydrogen-bond acceptors (Lipinski definition) is 5. The Morgan fingerprint density at radius 3 is 2.31 bits per heavy atom. The molecule has 7 heteroatoms. The Labute approximate surface area is 178 Å². The molecule has 29 heavy (non-hydrogen) atoms. The van der Waals surface area contributed by atoms with Gasteiger partial charge in [0.1, 0.15) is 0 Å². The second-order valence-corrected chi connectivity index (χ2v) is 8.12. The predicted octanol–water partition coefficient (Wildman–Crippen LogP) is 1.89. The second-order valence-electron chi connectivity index (χ2n) is 8.12. The largest absolute Gasteiger partial charge is 0.385 e. The minimum Gasteiger partial charge on any atom is -0.385 e. The number of aliphatic imine (C=N–C) groups is 1. The van der Waals surface area contributed by atoms with Crippen LogP contribution in [0.4, 0.5) is 0 Å². The van der Waals surface area contributed by atoms with Crippen LogP contribution in [0.15, 0.2) is 4.99 Å². The van der Waals surface area contributed by atoms with E-state index in [1.165, 1.54) is 52.1 Å². The quantitative estimate of drug-likeness (QED) is 0.301. The molecule has 0 aromatic rings. The number of guanidine groups is 1. The van der Waals surface area contributed by atoms with Crippen molar-refractivity contribution >= 4 is 5.96 Å². The standard InChI is InChI=1S/C22H45N5O2/c1-4-23-22(27-13-9-21(10-14-27)29-20-8-19-28-3)24-11-6-7-12-26-17-15-25(5-2)16-18-26/h21H,4-20H2,1-3H3,(H,23,24). The van der Waals surface area contributed by atoms with E-state index in [4.69, 9.17) is 14.5 Å². The number of piperidine rings is 1. The molecule has 1 N–H and O–H groups in total. The van der Waals surface area contributed by atoms with Gasteiger partial charge in [0, 0.05) is 72.7 Å². The van der Waals surface area contributed by atoms with Gasteiger partial charge in [-0.15, -0.1) is 0 Å². The molecule has 2 aliphatic heterocycles. The first kappa shape index (κ1) is 24.4. The third-order valence-corrected chi connectivity index (χ3v) is 5.98. The minimum atomic E-state index is 0.388. The van der Waals surface area contributed by atoms with Crippen LogP contribution in [0.2, 0.25) is 0 Å². The van der Waals surface area contributed by atoms with Gasteiger partial charge < -0.3 is 29.5 Å². The fourth-order valence-corrected chi connectivity index (χ4v) is 4.07. The van der Waals surface area contributed by atoms with Gasteiger partial charge in [-0.3, -0.25) is 4.99 Å². The van der Waals surface area contributed by atoms with Gasteiger partial charge >= 0.3 is 0 Å². The van der Waals surface area contributed by atoms with Gasteiger partial charge in [0.15, 0.2) is 5.96 Å². The monoisotopic (exact) mass is 411 g/mol. The van der Waals surface area contributed by atoms with Crippen LogP contribution in [0.3, 0.4) is 0 Å². The first-order chi connectivity index (χ1) is 14.3. The lowest BCUT2D eigenvalue weighted by molar-refractivity contribution is 0.00990. The second kappa shape index (κ2) is 15.0. The van der Waals surface area contributed by atoms with Crippen molar-refractivity contribution < 1.29 is 9.47 Å². The molecule has 170 valence electrons. The summed E-state index contributed by atoms with van der Waals surface area (Å²) in [4.78, 5) is 12.5. The van der Waals surface area contributed by atoms with Crippen molar-refractivity contribution in [3.05, 3.63) is 0 Å². The lowest BCUT2D eigenvalue weighted by Crippen LogP contribution is -2.47. The smallest absolute Gasteiger partial charge is 0.193 e. The zero-order valence-electron chi connectivity index (χ0n) is 19.2. The first-order valence-corrected chi connectivity index (χ1v) is 11.8. The molecule has 0 bridgehead atoms. The Morgan fingerprint density at radius 1 is 0.931 bits per heavy atom. The summed E-state index contributed by atoms with van der Waals surface area (Å²) >= 11 is 0. The summed E-state index contributed by atoms with van der Waals surface area (Å²) in [6.45, 7) is 17.2. The summed E-state index contributed by atoms with van der Waals surface area (Å²) in [7, 11) is 1.74. The number of unbranched alkanes of at least 4 members (excludes halogenated alkanes) is 1. The molecule has 0 spiro atoms. The maximum Gasteiger partial charge on any atom is 0.193 e. The van der Waals surface area contributed by atoms with E-state index in [0.717, 1.165) is 64.6 Å². The number of ether oxygens (including phenoxy) is 2. The summed E-state index contributed by atoms with van der Waals surface area (Å²) in [5, 5.41) is 3.48. The Bertz CT molecular complexity index is 433. The van der Waals surface area contributed by atoms with Gasteiger partial charge in [-0.1, -0.05) is 6.92 Å². The summed E-state index contributed by atoms with van der Waals surface area (Å²) < 4.78 is 11.1. The molecule has 7 nitrogen and oxygen atoms in total. The molecule has 2 fully saturated rings. The molecule has 0 aliphatic carbocycles. The number of likely N-dealkylation sites (tertiary alicyclic amines) is 1. The summed E-state index contributed by atoms with van der Waals surface area (Å²) in [6.07, 6.45) is 5.95. The highest BCUT2D eigenvalue weighted by Crippen LogP contribution is 2.14. The molecule has 0 saturated carbocycles. The topological polar surface area (TPSA) is 52.6 Å². The van der Waals surface area contributed by atoms with Crippen LogP contribution in [-0.4, -0.2) is 113 Å². The Balaban J connectivity index is 1.61. The molecule has 2 heterocycles. The SMILES string of the molecule is CCNC(=NCCCCN1CCN(CC)CC1)N1CCC(OCCCOC)CC1. The Hall–Kier alpha value is -0.890. The van der Waals surface area contributed by atoms with E-state index in [9.17, 15) is 0 Å². The average molecular weight is 412 g/mol. The molecule has 0 aromatic heterocycles. The minimum absolute atomic E-state index is 0.388. The summed E-state index contributed by atoms with van der Waals surface area (Å²) in [5.41, 5.74) is 0. The number of nitrogens with one attached hydrogen (secondary N) is 1. The number of likely N-dealkylation sites (N-methyl/N-ethyl adjacent to an activating group) is 1. The van der Waals surface area contributed by atoms with Crippen molar-refractivity contribution in [1.82, 2.24) is 20.0 Å². The molecule has 2 saturated heterocycles. The number of piperazine rings is 1. The fourth-order valence-electron chi connectivity index (χ4n) is 4.07. The average Bonchev–Trinajstić information content (AvgIpc) is 2.77. The van der Waals surface area contributed by atoms with Crippen LogP contribution in [0.25, 0.3) is 0 Å². The van der Waals surface area contributed by atoms with Crippen LogP contribution in [0, 0.1) is 0 Å². The normalized spacial score (nSPS) is 20.4. The van der Waals surface area contributed by atoms with Crippen molar-refractivity contribution in [3.8, 4) is 0 Å². The van der Waals surface area contributed by atoms with Crippen molar-refractivity contribution in [2.75, 3.05) is 85.8 Å². The number of hydrogen-bond donors (Lipinski definition) is 1. The van der Waals surface area contributed by atoms with Crippen molar-refractivity contribution in [3.63, 3.8) is 0 Å². The molecule has 0 atom stereocenters. The van der Waals surface area contributed by atoms with Gasteiger partial charge in [0.05, 0.1) is 6.10 Å². The van der Waals surface area contributed by atoms with Crippen LogP contribution >= 0.6 is 0 Å².